The van der Waals surface area contributed by atoms with Crippen molar-refractivity contribution in [2.45, 2.75) is 34.1 Å². The first-order valence-corrected chi connectivity index (χ1v) is 5.44. The van der Waals surface area contributed by atoms with Crippen LogP contribution in [-0.4, -0.2) is 23.3 Å². The van der Waals surface area contributed by atoms with Gasteiger partial charge in [-0.3, -0.25) is 0 Å². The van der Waals surface area contributed by atoms with Gasteiger partial charge in [-0.1, -0.05) is 25.5 Å². The van der Waals surface area contributed by atoms with E-state index >= 15 is 0 Å². The molecule has 3 N–H and O–H groups in total. The van der Waals surface area contributed by atoms with Crippen LogP contribution in [-0.2, 0) is 0 Å². The molecular formula is C12H24N2O. The lowest BCUT2D eigenvalue weighted by Gasteiger charge is -2.22. The monoisotopic (exact) mass is 212 g/mol. The van der Waals surface area contributed by atoms with Crippen molar-refractivity contribution < 1.29 is 5.11 Å². The molecule has 0 bridgehead atoms. The van der Waals surface area contributed by atoms with Crippen LogP contribution in [0.5, 0.6) is 0 Å². The van der Waals surface area contributed by atoms with Crippen molar-refractivity contribution in [3.05, 3.63) is 23.4 Å². The molecule has 0 amide bonds. The molecule has 0 spiro atoms. The van der Waals surface area contributed by atoms with Crippen molar-refractivity contribution in [3.63, 3.8) is 0 Å². The molecule has 0 rings (SSSR count). The molecular weight excluding hydrogens is 188 g/mol. The molecule has 15 heavy (non-hydrogen) atoms. The number of hydrogen-bond donors (Lipinski definition) is 2. The Hall–Kier alpha value is -0.800. The summed E-state index contributed by atoms with van der Waals surface area (Å²) in [5.74, 6) is 6.40. The molecule has 0 aromatic rings. The summed E-state index contributed by atoms with van der Waals surface area (Å²) in [6, 6.07) is 0. The lowest BCUT2D eigenvalue weighted by atomic mass is 10.1. The Morgan fingerprint density at radius 2 is 1.93 bits per heavy atom. The van der Waals surface area contributed by atoms with Gasteiger partial charge in [-0.25, -0.2) is 5.84 Å². The Morgan fingerprint density at radius 3 is 2.33 bits per heavy atom. The Morgan fingerprint density at radius 1 is 1.33 bits per heavy atom. The van der Waals surface area contributed by atoms with E-state index in [1.807, 2.05) is 6.08 Å². The van der Waals surface area contributed by atoms with Crippen LogP contribution in [0.1, 0.15) is 34.1 Å². The molecule has 0 heterocycles. The van der Waals surface area contributed by atoms with Crippen LogP contribution in [0, 0.1) is 5.92 Å². The number of aliphatic hydroxyl groups is 1. The van der Waals surface area contributed by atoms with E-state index in [4.69, 9.17) is 10.9 Å². The van der Waals surface area contributed by atoms with E-state index in [0.29, 0.717) is 12.5 Å². The Bertz CT molecular complexity index is 228. The zero-order valence-corrected chi connectivity index (χ0v) is 10.3. The predicted octanol–water partition coefficient (Wildman–Crippen LogP) is 2.05. The summed E-state index contributed by atoms with van der Waals surface area (Å²) in [6.45, 7) is 8.98. The van der Waals surface area contributed by atoms with Crippen LogP contribution in [0.4, 0.5) is 0 Å². The van der Waals surface area contributed by atoms with Gasteiger partial charge in [0, 0.05) is 5.70 Å². The van der Waals surface area contributed by atoms with Gasteiger partial charge in [-0.15, -0.1) is 0 Å². The lowest BCUT2D eigenvalue weighted by Crippen LogP contribution is -2.33. The molecule has 0 aliphatic carbocycles. The summed E-state index contributed by atoms with van der Waals surface area (Å²) >= 11 is 0. The van der Waals surface area contributed by atoms with Gasteiger partial charge >= 0.3 is 0 Å². The first kappa shape index (κ1) is 14.2. The Kier molecular flexibility index (Phi) is 7.09. The molecule has 0 aromatic heterocycles. The zero-order chi connectivity index (χ0) is 11.8. The fourth-order valence-electron chi connectivity index (χ4n) is 1.21. The number of rotatable bonds is 6. The van der Waals surface area contributed by atoms with Crippen molar-refractivity contribution in [2.24, 2.45) is 11.8 Å². The summed E-state index contributed by atoms with van der Waals surface area (Å²) in [5, 5.41) is 10.5. The first-order valence-electron chi connectivity index (χ1n) is 5.44. The summed E-state index contributed by atoms with van der Waals surface area (Å²) in [5.41, 5.74) is 2.31. The van der Waals surface area contributed by atoms with Gasteiger partial charge in [-0.2, -0.15) is 0 Å². The molecule has 0 aliphatic heterocycles. The highest BCUT2D eigenvalue weighted by Crippen LogP contribution is 2.13. The highest BCUT2D eigenvalue weighted by atomic mass is 16.3. The van der Waals surface area contributed by atoms with Crippen molar-refractivity contribution in [2.75, 3.05) is 13.2 Å². The summed E-state index contributed by atoms with van der Waals surface area (Å²) in [7, 11) is 0. The van der Waals surface area contributed by atoms with Crippen LogP contribution in [0.15, 0.2) is 23.4 Å². The summed E-state index contributed by atoms with van der Waals surface area (Å²) in [6.07, 6.45) is 5.01. The van der Waals surface area contributed by atoms with E-state index in [0.717, 1.165) is 12.1 Å². The Labute approximate surface area is 93.2 Å². The SMILES string of the molecule is CC(C)=C/C=C(/CC(C)C)N(N)CCO. The van der Waals surface area contributed by atoms with E-state index in [2.05, 4.69) is 33.8 Å². The van der Waals surface area contributed by atoms with Gasteiger partial charge in [0.1, 0.15) is 0 Å². The van der Waals surface area contributed by atoms with Gasteiger partial charge in [0.15, 0.2) is 0 Å². The van der Waals surface area contributed by atoms with Crippen molar-refractivity contribution in [1.29, 1.82) is 0 Å². The molecule has 0 aliphatic rings. The second-order valence-electron chi connectivity index (χ2n) is 4.42. The maximum absolute atomic E-state index is 8.83. The third-order valence-corrected chi connectivity index (χ3v) is 1.94. The van der Waals surface area contributed by atoms with Gasteiger partial charge in [0.25, 0.3) is 0 Å². The average molecular weight is 212 g/mol. The number of nitrogens with zero attached hydrogens (tertiary/aromatic N) is 1. The fraction of sp³-hybridized carbons (Fsp3) is 0.667. The molecule has 0 fully saturated rings. The van der Waals surface area contributed by atoms with Gasteiger partial charge < -0.3 is 10.1 Å². The highest BCUT2D eigenvalue weighted by molar-refractivity contribution is 5.14. The lowest BCUT2D eigenvalue weighted by molar-refractivity contribution is 0.222. The minimum Gasteiger partial charge on any atom is -0.394 e. The molecule has 0 aromatic carbocycles. The summed E-state index contributed by atoms with van der Waals surface area (Å²) in [4.78, 5) is 0. The van der Waals surface area contributed by atoms with Crippen molar-refractivity contribution in [3.8, 4) is 0 Å². The standard InChI is InChI=1S/C12H24N2O/c1-10(2)5-6-12(9-11(3)4)14(13)7-8-15/h5-6,11,15H,7-9,13H2,1-4H3/b12-6-. The van der Waals surface area contributed by atoms with Crippen LogP contribution in [0.2, 0.25) is 0 Å². The second kappa shape index (κ2) is 7.49. The summed E-state index contributed by atoms with van der Waals surface area (Å²) < 4.78 is 0. The third kappa shape index (κ3) is 7.17. The zero-order valence-electron chi connectivity index (χ0n) is 10.3. The fourth-order valence-corrected chi connectivity index (χ4v) is 1.21. The predicted molar refractivity (Wildman–Crippen MR) is 64.9 cm³/mol. The maximum atomic E-state index is 8.83. The minimum absolute atomic E-state index is 0.0841. The van der Waals surface area contributed by atoms with Gasteiger partial charge in [0.05, 0.1) is 13.2 Å². The number of hydrogen-bond acceptors (Lipinski definition) is 3. The Balaban J connectivity index is 4.56. The molecule has 0 saturated heterocycles. The van der Waals surface area contributed by atoms with E-state index < -0.39 is 0 Å². The smallest absolute Gasteiger partial charge is 0.0622 e. The molecule has 3 heteroatoms. The maximum Gasteiger partial charge on any atom is 0.0622 e. The topological polar surface area (TPSA) is 49.5 Å². The molecule has 0 unspecified atom stereocenters. The molecule has 0 saturated carbocycles. The van der Waals surface area contributed by atoms with E-state index in [9.17, 15) is 0 Å². The molecule has 0 atom stereocenters. The van der Waals surface area contributed by atoms with E-state index in [1.165, 1.54) is 5.57 Å². The number of aliphatic hydroxyl groups excluding tert-OH is 1. The van der Waals surface area contributed by atoms with Crippen LogP contribution < -0.4 is 5.84 Å². The van der Waals surface area contributed by atoms with E-state index in [1.54, 1.807) is 5.01 Å². The van der Waals surface area contributed by atoms with Gasteiger partial charge in [-0.05, 0) is 32.3 Å². The minimum atomic E-state index is 0.0841. The van der Waals surface area contributed by atoms with E-state index in [-0.39, 0.29) is 6.61 Å². The number of hydrazine groups is 1. The number of allylic oxidation sites excluding steroid dienone is 4. The molecule has 3 nitrogen and oxygen atoms in total. The van der Waals surface area contributed by atoms with Crippen LogP contribution in [0.3, 0.4) is 0 Å². The van der Waals surface area contributed by atoms with Gasteiger partial charge in [0.2, 0.25) is 0 Å². The largest absolute Gasteiger partial charge is 0.394 e. The highest BCUT2D eigenvalue weighted by Gasteiger charge is 2.06. The second-order valence-corrected chi connectivity index (χ2v) is 4.42. The quantitative estimate of drug-likeness (QED) is 0.402. The average Bonchev–Trinajstić information content (AvgIpc) is 2.11. The number of nitrogens with two attached hydrogens (primary N) is 1. The third-order valence-electron chi connectivity index (χ3n) is 1.94. The van der Waals surface area contributed by atoms with Crippen molar-refractivity contribution in [1.82, 2.24) is 5.01 Å². The van der Waals surface area contributed by atoms with Crippen LogP contribution >= 0.6 is 0 Å². The van der Waals surface area contributed by atoms with Crippen LogP contribution in [0.25, 0.3) is 0 Å². The molecule has 0 radical (unpaired) electrons. The molecule has 88 valence electrons. The normalized spacial score (nSPS) is 11.8. The van der Waals surface area contributed by atoms with Crippen molar-refractivity contribution >= 4 is 0 Å². The first-order chi connectivity index (χ1) is 6.97.